The lowest BCUT2D eigenvalue weighted by atomic mass is 9.60. The Balaban J connectivity index is 1.63. The number of aliphatic imine (C=N–C) groups is 1. The van der Waals surface area contributed by atoms with E-state index >= 15 is 0 Å². The summed E-state index contributed by atoms with van der Waals surface area (Å²) in [4.78, 5) is 4.91. The van der Waals surface area contributed by atoms with Gasteiger partial charge in [0.05, 0.1) is 4.90 Å². The summed E-state index contributed by atoms with van der Waals surface area (Å²) in [6.45, 7) is 7.61. The lowest BCUT2D eigenvalue weighted by Gasteiger charge is -2.51. The zero-order valence-electron chi connectivity index (χ0n) is 19.8. The van der Waals surface area contributed by atoms with E-state index in [1.807, 2.05) is 25.2 Å². The molecule has 2 fully saturated rings. The van der Waals surface area contributed by atoms with Crippen LogP contribution in [-0.2, 0) is 21.9 Å². The van der Waals surface area contributed by atoms with Gasteiger partial charge in [0.2, 0.25) is 10.0 Å². The van der Waals surface area contributed by atoms with Crippen molar-refractivity contribution in [1.29, 1.82) is 0 Å². The van der Waals surface area contributed by atoms with E-state index in [1.54, 1.807) is 16.4 Å². The van der Waals surface area contributed by atoms with Gasteiger partial charge in [-0.05, 0) is 72.1 Å². The summed E-state index contributed by atoms with van der Waals surface area (Å²) < 4.78 is 29.0. The van der Waals surface area contributed by atoms with E-state index in [0.717, 1.165) is 37.7 Å². The number of benzene rings is 2. The number of nitrogens with zero attached hydrogens (tertiary/aromatic N) is 2. The summed E-state index contributed by atoms with van der Waals surface area (Å²) in [7, 11) is -1.63. The zero-order valence-corrected chi connectivity index (χ0v) is 20.7. The molecule has 172 valence electrons. The Morgan fingerprint density at radius 3 is 2.38 bits per heavy atom. The Bertz CT molecular complexity index is 1070. The second-order valence-electron chi connectivity index (χ2n) is 10.6. The van der Waals surface area contributed by atoms with E-state index < -0.39 is 10.0 Å². The fourth-order valence-electron chi connectivity index (χ4n) is 5.52. The predicted molar refractivity (Wildman–Crippen MR) is 132 cm³/mol. The average Bonchev–Trinajstić information content (AvgIpc) is 2.78. The van der Waals surface area contributed by atoms with Crippen LogP contribution >= 0.6 is 0 Å². The van der Waals surface area contributed by atoms with Crippen LogP contribution in [0.2, 0.25) is 0 Å². The molecule has 2 aromatic carbocycles. The Kier molecular flexibility index (Phi) is 6.34. The highest BCUT2D eigenvalue weighted by molar-refractivity contribution is 7.89. The normalized spacial score (nSPS) is 26.1. The molecule has 4 nitrogen and oxygen atoms in total. The van der Waals surface area contributed by atoms with E-state index in [2.05, 4.69) is 50.0 Å². The summed E-state index contributed by atoms with van der Waals surface area (Å²) >= 11 is 0. The minimum absolute atomic E-state index is 0.00101. The highest BCUT2D eigenvalue weighted by Gasteiger charge is 2.48. The van der Waals surface area contributed by atoms with E-state index in [1.165, 1.54) is 11.3 Å². The van der Waals surface area contributed by atoms with Crippen molar-refractivity contribution >= 4 is 15.7 Å². The van der Waals surface area contributed by atoms with Crippen LogP contribution in [0.1, 0.15) is 57.6 Å². The SMILES string of the molecule is C/N=C1\CC[C@]2(Cc3ccccc3)CN(S(=O)(=O)c3ccc(C(C)(C)C)cc3)CC[C@H]2C1. The third kappa shape index (κ3) is 4.55. The maximum atomic E-state index is 13.6. The summed E-state index contributed by atoms with van der Waals surface area (Å²) in [5.41, 5.74) is 3.69. The number of piperidine rings is 1. The van der Waals surface area contributed by atoms with Crippen LogP contribution in [0.15, 0.2) is 64.5 Å². The van der Waals surface area contributed by atoms with Gasteiger partial charge in [-0.25, -0.2) is 8.42 Å². The molecule has 0 radical (unpaired) electrons. The molecule has 2 atom stereocenters. The first-order valence-electron chi connectivity index (χ1n) is 11.7. The molecule has 1 aliphatic carbocycles. The van der Waals surface area contributed by atoms with E-state index in [9.17, 15) is 8.42 Å². The molecule has 32 heavy (non-hydrogen) atoms. The highest BCUT2D eigenvalue weighted by atomic mass is 32.2. The summed E-state index contributed by atoms with van der Waals surface area (Å²) in [6.07, 6.45) is 4.77. The van der Waals surface area contributed by atoms with Crippen molar-refractivity contribution in [2.75, 3.05) is 20.1 Å². The number of rotatable bonds is 4. The molecule has 4 rings (SSSR count). The molecule has 2 aliphatic rings. The van der Waals surface area contributed by atoms with Gasteiger partial charge in [-0.3, -0.25) is 4.99 Å². The van der Waals surface area contributed by atoms with Crippen LogP contribution in [-0.4, -0.2) is 38.6 Å². The fourth-order valence-corrected chi connectivity index (χ4v) is 7.07. The lowest BCUT2D eigenvalue weighted by Crippen LogP contribution is -2.54. The fraction of sp³-hybridized carbons (Fsp3) is 0.519. The van der Waals surface area contributed by atoms with Gasteiger partial charge in [-0.2, -0.15) is 4.31 Å². The molecule has 1 saturated carbocycles. The summed E-state index contributed by atoms with van der Waals surface area (Å²) in [5.74, 6) is 0.477. The topological polar surface area (TPSA) is 49.7 Å². The Morgan fingerprint density at radius 2 is 1.75 bits per heavy atom. The Hall–Kier alpha value is -1.98. The molecule has 1 aliphatic heterocycles. The summed E-state index contributed by atoms with van der Waals surface area (Å²) in [5, 5.41) is 0. The van der Waals surface area contributed by atoms with E-state index in [0.29, 0.717) is 23.9 Å². The van der Waals surface area contributed by atoms with Crippen molar-refractivity contribution in [3.8, 4) is 0 Å². The van der Waals surface area contributed by atoms with Crippen LogP contribution in [0, 0.1) is 11.3 Å². The van der Waals surface area contributed by atoms with Gasteiger partial charge in [-0.1, -0.05) is 63.2 Å². The standard InChI is InChI=1S/C27H36N2O2S/c1-26(2,3)22-10-12-25(13-11-22)32(30,31)29-17-15-23-18-24(28-4)14-16-27(23,20-29)19-21-8-6-5-7-9-21/h5-13,23H,14-20H2,1-4H3/b28-24+/t23-,27-/m0/s1. The van der Waals surface area contributed by atoms with E-state index in [4.69, 9.17) is 0 Å². The average molecular weight is 453 g/mol. The second-order valence-corrected chi connectivity index (χ2v) is 12.6. The predicted octanol–water partition coefficient (Wildman–Crippen LogP) is 5.48. The quantitative estimate of drug-likeness (QED) is 0.617. The number of hydrogen-bond donors (Lipinski definition) is 0. The smallest absolute Gasteiger partial charge is 0.243 e. The largest absolute Gasteiger partial charge is 0.297 e. The molecule has 0 spiro atoms. The molecule has 0 bridgehead atoms. The van der Waals surface area contributed by atoms with Crippen molar-refractivity contribution in [2.45, 2.75) is 63.2 Å². The first kappa shape index (κ1) is 23.2. The van der Waals surface area contributed by atoms with Crippen molar-refractivity contribution in [3.05, 3.63) is 65.7 Å². The lowest BCUT2D eigenvalue weighted by molar-refractivity contribution is 0.0532. The van der Waals surface area contributed by atoms with Gasteiger partial charge >= 0.3 is 0 Å². The Morgan fingerprint density at radius 1 is 1.06 bits per heavy atom. The molecular formula is C27H36N2O2S. The van der Waals surface area contributed by atoms with Gasteiger partial charge in [-0.15, -0.1) is 0 Å². The van der Waals surface area contributed by atoms with Crippen LogP contribution < -0.4 is 0 Å². The Labute approximate surface area is 193 Å². The van der Waals surface area contributed by atoms with Gasteiger partial charge in [0.1, 0.15) is 0 Å². The van der Waals surface area contributed by atoms with E-state index in [-0.39, 0.29) is 10.8 Å². The van der Waals surface area contributed by atoms with Crippen molar-refractivity contribution < 1.29 is 8.42 Å². The number of fused-ring (bicyclic) bond motifs is 1. The molecule has 0 aromatic heterocycles. The molecule has 1 saturated heterocycles. The van der Waals surface area contributed by atoms with Crippen molar-refractivity contribution in [2.24, 2.45) is 16.3 Å². The maximum absolute atomic E-state index is 13.6. The molecule has 2 aromatic rings. The van der Waals surface area contributed by atoms with Gasteiger partial charge in [0, 0.05) is 25.8 Å². The molecule has 0 N–H and O–H groups in total. The van der Waals surface area contributed by atoms with Gasteiger partial charge in [0.15, 0.2) is 0 Å². The third-order valence-electron chi connectivity index (χ3n) is 7.55. The molecule has 0 unspecified atom stereocenters. The molecule has 1 heterocycles. The molecule has 0 amide bonds. The van der Waals surface area contributed by atoms with Gasteiger partial charge in [0.25, 0.3) is 0 Å². The molecule has 5 heteroatoms. The van der Waals surface area contributed by atoms with Crippen LogP contribution in [0.4, 0.5) is 0 Å². The van der Waals surface area contributed by atoms with Crippen molar-refractivity contribution in [3.63, 3.8) is 0 Å². The zero-order chi connectivity index (χ0) is 23.0. The number of hydrogen-bond acceptors (Lipinski definition) is 3. The number of sulfonamides is 1. The third-order valence-corrected chi connectivity index (χ3v) is 9.41. The minimum atomic E-state index is -3.52. The summed E-state index contributed by atoms with van der Waals surface area (Å²) in [6, 6.07) is 18.0. The second kappa shape index (κ2) is 8.75. The van der Waals surface area contributed by atoms with Gasteiger partial charge < -0.3 is 0 Å². The maximum Gasteiger partial charge on any atom is 0.243 e. The van der Waals surface area contributed by atoms with Crippen molar-refractivity contribution in [1.82, 2.24) is 4.31 Å². The molecular weight excluding hydrogens is 416 g/mol. The monoisotopic (exact) mass is 452 g/mol. The van der Waals surface area contributed by atoms with Crippen LogP contribution in [0.25, 0.3) is 0 Å². The van der Waals surface area contributed by atoms with Crippen LogP contribution in [0.5, 0.6) is 0 Å². The highest BCUT2D eigenvalue weighted by Crippen LogP contribution is 2.48. The van der Waals surface area contributed by atoms with Crippen LogP contribution in [0.3, 0.4) is 0 Å². The minimum Gasteiger partial charge on any atom is -0.297 e. The first-order chi connectivity index (χ1) is 15.1. The first-order valence-corrected chi connectivity index (χ1v) is 13.2.